The van der Waals surface area contributed by atoms with Crippen molar-refractivity contribution in [1.29, 1.82) is 0 Å². The summed E-state index contributed by atoms with van der Waals surface area (Å²) in [5, 5.41) is 2.68. The number of rotatable bonds is 7. The second-order valence-electron chi connectivity index (χ2n) is 7.08. The summed E-state index contributed by atoms with van der Waals surface area (Å²) < 4.78 is 21.5. The molecule has 8 nitrogen and oxygen atoms in total. The number of nitrogens with one attached hydrogen (secondary N) is 1. The Balaban J connectivity index is 1.47. The van der Waals surface area contributed by atoms with Gasteiger partial charge in [0.1, 0.15) is 12.3 Å². The Bertz CT molecular complexity index is 954. The number of nitrogens with zero attached hydrogens (tertiary/aromatic N) is 1. The van der Waals surface area contributed by atoms with Crippen LogP contribution in [0.15, 0.2) is 54.2 Å². The second-order valence-corrected chi connectivity index (χ2v) is 7.08. The number of amides is 1. The normalized spacial score (nSPS) is 16.1. The van der Waals surface area contributed by atoms with Crippen LogP contribution in [0, 0.1) is 0 Å². The minimum atomic E-state index is -0.602. The van der Waals surface area contributed by atoms with Crippen molar-refractivity contribution >= 4 is 18.0 Å². The molecular formula is C23H24N2O6. The zero-order valence-electron chi connectivity index (χ0n) is 17.0. The lowest BCUT2D eigenvalue weighted by Crippen LogP contribution is -2.39. The van der Waals surface area contributed by atoms with Gasteiger partial charge in [-0.3, -0.25) is 9.69 Å². The van der Waals surface area contributed by atoms with Crippen LogP contribution in [0.2, 0.25) is 0 Å². The van der Waals surface area contributed by atoms with Gasteiger partial charge in [-0.25, -0.2) is 4.79 Å². The van der Waals surface area contributed by atoms with Crippen molar-refractivity contribution in [1.82, 2.24) is 10.2 Å². The Kier molecular flexibility index (Phi) is 6.81. The van der Waals surface area contributed by atoms with Gasteiger partial charge >= 0.3 is 5.97 Å². The number of morpholine rings is 1. The second kappa shape index (κ2) is 10.1. The molecular weight excluding hydrogens is 400 g/mol. The number of hydrogen-bond acceptors (Lipinski definition) is 7. The first-order valence-electron chi connectivity index (χ1n) is 10.1. The molecule has 1 fully saturated rings. The molecule has 31 heavy (non-hydrogen) atoms. The van der Waals surface area contributed by atoms with Crippen LogP contribution in [0.4, 0.5) is 0 Å². The smallest absolute Gasteiger partial charge is 0.354 e. The first-order valence-corrected chi connectivity index (χ1v) is 10.1. The summed E-state index contributed by atoms with van der Waals surface area (Å²) in [5.74, 6) is 0.233. The lowest BCUT2D eigenvalue weighted by Gasteiger charge is -2.26. The number of hydrogen-bond donors (Lipinski definition) is 1. The zero-order valence-corrected chi connectivity index (χ0v) is 17.0. The van der Waals surface area contributed by atoms with E-state index in [0.717, 1.165) is 13.1 Å². The summed E-state index contributed by atoms with van der Waals surface area (Å²) in [4.78, 5) is 27.6. The predicted octanol–water partition coefficient (Wildman–Crippen LogP) is 2.06. The largest absolute Gasteiger partial charge is 0.460 e. The molecule has 0 aliphatic carbocycles. The molecule has 0 spiro atoms. The molecule has 0 saturated carbocycles. The Morgan fingerprint density at radius 2 is 1.81 bits per heavy atom. The Labute approximate surface area is 180 Å². The third kappa shape index (κ3) is 5.62. The van der Waals surface area contributed by atoms with Gasteiger partial charge < -0.3 is 24.3 Å². The topological polar surface area (TPSA) is 86.3 Å². The van der Waals surface area contributed by atoms with Crippen LogP contribution < -0.4 is 14.8 Å². The van der Waals surface area contributed by atoms with Gasteiger partial charge in [0, 0.05) is 25.2 Å². The van der Waals surface area contributed by atoms with Crippen molar-refractivity contribution in [3.05, 3.63) is 65.4 Å². The SMILES string of the molecule is O=C(OCCN1CCOCC1)/C(=C\c1ccc2c(c1)OCO2)NC(=O)c1ccccc1. The fourth-order valence-electron chi connectivity index (χ4n) is 3.27. The molecule has 1 amide bonds. The van der Waals surface area contributed by atoms with Crippen molar-refractivity contribution in [2.45, 2.75) is 0 Å². The number of ether oxygens (including phenoxy) is 4. The van der Waals surface area contributed by atoms with Crippen LogP contribution in [0.3, 0.4) is 0 Å². The van der Waals surface area contributed by atoms with Crippen molar-refractivity contribution in [3.63, 3.8) is 0 Å². The van der Waals surface area contributed by atoms with E-state index in [-0.39, 0.29) is 19.1 Å². The maximum atomic E-state index is 12.8. The van der Waals surface area contributed by atoms with Crippen LogP contribution in [0.25, 0.3) is 6.08 Å². The summed E-state index contributed by atoms with van der Waals surface area (Å²) in [5.41, 5.74) is 1.17. The molecule has 2 aliphatic rings. The Morgan fingerprint density at radius 3 is 2.61 bits per heavy atom. The number of carbonyl (C=O) groups excluding carboxylic acids is 2. The molecule has 1 N–H and O–H groups in total. The minimum Gasteiger partial charge on any atom is -0.460 e. The van der Waals surface area contributed by atoms with E-state index in [4.69, 9.17) is 18.9 Å². The van der Waals surface area contributed by atoms with Crippen LogP contribution >= 0.6 is 0 Å². The maximum Gasteiger partial charge on any atom is 0.354 e. The molecule has 0 unspecified atom stereocenters. The molecule has 162 valence electrons. The van der Waals surface area contributed by atoms with Gasteiger partial charge in [-0.2, -0.15) is 0 Å². The van der Waals surface area contributed by atoms with E-state index in [0.29, 0.717) is 42.4 Å². The quantitative estimate of drug-likeness (QED) is 0.538. The number of carbonyl (C=O) groups is 2. The fraction of sp³-hybridized carbons (Fsp3) is 0.304. The zero-order chi connectivity index (χ0) is 21.5. The number of esters is 1. The number of benzene rings is 2. The van der Waals surface area contributed by atoms with Gasteiger partial charge in [0.2, 0.25) is 6.79 Å². The molecule has 0 bridgehead atoms. The van der Waals surface area contributed by atoms with Crippen molar-refractivity contribution in [2.24, 2.45) is 0 Å². The van der Waals surface area contributed by atoms with Gasteiger partial charge in [0.15, 0.2) is 11.5 Å². The molecule has 0 radical (unpaired) electrons. The van der Waals surface area contributed by atoms with E-state index in [1.54, 1.807) is 48.5 Å². The highest BCUT2D eigenvalue weighted by Gasteiger charge is 2.19. The van der Waals surface area contributed by atoms with Crippen molar-refractivity contribution in [3.8, 4) is 11.5 Å². The van der Waals surface area contributed by atoms with E-state index in [9.17, 15) is 9.59 Å². The molecule has 0 atom stereocenters. The fourth-order valence-corrected chi connectivity index (χ4v) is 3.27. The van der Waals surface area contributed by atoms with Crippen LogP contribution in [-0.2, 0) is 14.3 Å². The number of fused-ring (bicyclic) bond motifs is 1. The van der Waals surface area contributed by atoms with E-state index < -0.39 is 11.9 Å². The van der Waals surface area contributed by atoms with Gasteiger partial charge in [-0.15, -0.1) is 0 Å². The molecule has 2 aromatic rings. The van der Waals surface area contributed by atoms with Crippen LogP contribution in [-0.4, -0.2) is 63.0 Å². The average molecular weight is 424 g/mol. The average Bonchev–Trinajstić information content (AvgIpc) is 3.28. The molecule has 2 aromatic carbocycles. The molecule has 2 aliphatic heterocycles. The molecule has 4 rings (SSSR count). The lowest BCUT2D eigenvalue weighted by molar-refractivity contribution is -0.140. The first-order chi connectivity index (χ1) is 15.2. The third-order valence-electron chi connectivity index (χ3n) is 4.96. The maximum absolute atomic E-state index is 12.8. The molecule has 1 saturated heterocycles. The van der Waals surface area contributed by atoms with E-state index >= 15 is 0 Å². The highest BCUT2D eigenvalue weighted by atomic mass is 16.7. The van der Waals surface area contributed by atoms with E-state index in [2.05, 4.69) is 10.2 Å². The Morgan fingerprint density at radius 1 is 1.03 bits per heavy atom. The third-order valence-corrected chi connectivity index (χ3v) is 4.96. The predicted molar refractivity (Wildman–Crippen MR) is 113 cm³/mol. The van der Waals surface area contributed by atoms with Crippen molar-refractivity contribution in [2.75, 3.05) is 46.2 Å². The van der Waals surface area contributed by atoms with Gasteiger partial charge in [-0.05, 0) is 35.9 Å². The van der Waals surface area contributed by atoms with Gasteiger partial charge in [-0.1, -0.05) is 24.3 Å². The highest BCUT2D eigenvalue weighted by molar-refractivity contribution is 6.03. The van der Waals surface area contributed by atoms with E-state index in [1.165, 1.54) is 0 Å². The van der Waals surface area contributed by atoms with E-state index in [1.807, 2.05) is 6.07 Å². The summed E-state index contributed by atoms with van der Waals surface area (Å²) in [6.07, 6.45) is 1.57. The lowest BCUT2D eigenvalue weighted by atomic mass is 10.1. The summed E-state index contributed by atoms with van der Waals surface area (Å²) in [6, 6.07) is 14.0. The summed E-state index contributed by atoms with van der Waals surface area (Å²) >= 11 is 0. The van der Waals surface area contributed by atoms with Gasteiger partial charge in [0.25, 0.3) is 5.91 Å². The van der Waals surface area contributed by atoms with Crippen LogP contribution in [0.1, 0.15) is 15.9 Å². The molecule has 0 aromatic heterocycles. The summed E-state index contributed by atoms with van der Waals surface area (Å²) in [6.45, 7) is 3.96. The van der Waals surface area contributed by atoms with Crippen molar-refractivity contribution < 1.29 is 28.5 Å². The monoisotopic (exact) mass is 424 g/mol. The van der Waals surface area contributed by atoms with Crippen LogP contribution in [0.5, 0.6) is 11.5 Å². The minimum absolute atomic E-state index is 0.0506. The first kappa shape index (κ1) is 20.9. The highest BCUT2D eigenvalue weighted by Crippen LogP contribution is 2.33. The summed E-state index contributed by atoms with van der Waals surface area (Å²) in [7, 11) is 0. The molecule has 8 heteroatoms. The van der Waals surface area contributed by atoms with Gasteiger partial charge in [0.05, 0.1) is 13.2 Å². The Hall–Kier alpha value is -3.36. The standard InChI is InChI=1S/C23H24N2O6/c26-22(18-4-2-1-3-5-18)24-19(14-17-6-7-20-21(15-17)31-16-30-20)23(27)29-13-10-25-8-11-28-12-9-25/h1-7,14-15H,8-13,16H2,(H,24,26)/b19-14+. The molecule has 2 heterocycles.